The van der Waals surface area contributed by atoms with Gasteiger partial charge in [0, 0.05) is 12.7 Å². The SMILES string of the molecule is CC(NC(=O)c1nc2ccccn2c1CN(C)C)c1ccccc1. The lowest BCUT2D eigenvalue weighted by Gasteiger charge is -2.15. The highest BCUT2D eigenvalue weighted by molar-refractivity contribution is 5.94. The maximum Gasteiger partial charge on any atom is 0.272 e. The van der Waals surface area contributed by atoms with Crippen molar-refractivity contribution < 1.29 is 4.79 Å². The molecular formula is C19H22N4O. The van der Waals surface area contributed by atoms with E-state index in [1.54, 1.807) is 0 Å². The summed E-state index contributed by atoms with van der Waals surface area (Å²) in [7, 11) is 3.97. The Morgan fingerprint density at radius 1 is 1.17 bits per heavy atom. The van der Waals surface area contributed by atoms with Gasteiger partial charge in [-0.05, 0) is 38.7 Å². The largest absolute Gasteiger partial charge is 0.344 e. The highest BCUT2D eigenvalue weighted by Crippen LogP contribution is 2.17. The second-order valence-corrected chi connectivity index (χ2v) is 6.18. The fourth-order valence-corrected chi connectivity index (χ4v) is 2.77. The number of benzene rings is 1. The maximum absolute atomic E-state index is 12.8. The van der Waals surface area contributed by atoms with E-state index in [0.29, 0.717) is 12.2 Å². The molecule has 1 N–H and O–H groups in total. The van der Waals surface area contributed by atoms with Crippen molar-refractivity contribution >= 4 is 11.6 Å². The molecule has 0 saturated heterocycles. The molecule has 0 saturated carbocycles. The molecule has 124 valence electrons. The van der Waals surface area contributed by atoms with Crippen LogP contribution in [-0.4, -0.2) is 34.3 Å². The molecule has 1 unspecified atom stereocenters. The average Bonchev–Trinajstić information content (AvgIpc) is 2.94. The standard InChI is InChI=1S/C19H22N4O/c1-14(15-9-5-4-6-10-15)20-19(24)18-16(13-22(2)3)23-12-8-7-11-17(23)21-18/h4-12,14H,13H2,1-3H3,(H,20,24). The van der Waals surface area contributed by atoms with Crippen LogP contribution in [0.3, 0.4) is 0 Å². The molecule has 0 aliphatic carbocycles. The van der Waals surface area contributed by atoms with Crippen LogP contribution in [0.1, 0.15) is 34.7 Å². The zero-order valence-corrected chi connectivity index (χ0v) is 14.2. The highest BCUT2D eigenvalue weighted by atomic mass is 16.2. The Morgan fingerprint density at radius 3 is 2.58 bits per heavy atom. The molecule has 0 aliphatic rings. The normalized spacial score (nSPS) is 12.5. The molecule has 2 aromatic heterocycles. The van der Waals surface area contributed by atoms with Crippen LogP contribution in [0.4, 0.5) is 0 Å². The number of nitrogens with zero attached hydrogens (tertiary/aromatic N) is 3. The Kier molecular flexibility index (Phi) is 4.62. The molecule has 0 spiro atoms. The molecule has 5 heteroatoms. The first-order valence-electron chi connectivity index (χ1n) is 8.03. The summed E-state index contributed by atoms with van der Waals surface area (Å²) >= 11 is 0. The minimum Gasteiger partial charge on any atom is -0.344 e. The lowest BCUT2D eigenvalue weighted by Crippen LogP contribution is -2.28. The molecule has 3 rings (SSSR count). The number of fused-ring (bicyclic) bond motifs is 1. The predicted octanol–water partition coefficient (Wildman–Crippen LogP) is 2.89. The van der Waals surface area contributed by atoms with E-state index in [1.807, 2.05) is 85.0 Å². The van der Waals surface area contributed by atoms with Gasteiger partial charge < -0.3 is 14.6 Å². The number of carbonyl (C=O) groups excluding carboxylic acids is 1. The number of hydrogen-bond donors (Lipinski definition) is 1. The fraction of sp³-hybridized carbons (Fsp3) is 0.263. The van der Waals surface area contributed by atoms with Crippen molar-refractivity contribution in [2.45, 2.75) is 19.5 Å². The zero-order valence-electron chi connectivity index (χ0n) is 14.2. The van der Waals surface area contributed by atoms with Gasteiger partial charge in [-0.3, -0.25) is 4.79 Å². The summed E-state index contributed by atoms with van der Waals surface area (Å²) in [5, 5.41) is 3.05. The lowest BCUT2D eigenvalue weighted by atomic mass is 10.1. The molecule has 1 amide bonds. The average molecular weight is 322 g/mol. The number of aromatic nitrogens is 2. The van der Waals surface area contributed by atoms with E-state index in [2.05, 4.69) is 10.3 Å². The predicted molar refractivity (Wildman–Crippen MR) is 94.9 cm³/mol. The Hall–Kier alpha value is -2.66. The van der Waals surface area contributed by atoms with Gasteiger partial charge in [-0.1, -0.05) is 36.4 Å². The molecule has 0 fully saturated rings. The van der Waals surface area contributed by atoms with Crippen molar-refractivity contribution in [2.75, 3.05) is 14.1 Å². The van der Waals surface area contributed by atoms with Gasteiger partial charge in [-0.2, -0.15) is 0 Å². The third-order valence-corrected chi connectivity index (χ3v) is 3.96. The van der Waals surface area contributed by atoms with E-state index >= 15 is 0 Å². The number of carbonyl (C=O) groups is 1. The van der Waals surface area contributed by atoms with Gasteiger partial charge in [0.15, 0.2) is 5.69 Å². The van der Waals surface area contributed by atoms with Crippen LogP contribution in [0.25, 0.3) is 5.65 Å². The van der Waals surface area contributed by atoms with Crippen LogP contribution >= 0.6 is 0 Å². The summed E-state index contributed by atoms with van der Waals surface area (Å²) in [6, 6.07) is 15.6. The van der Waals surface area contributed by atoms with Crippen LogP contribution in [0, 0.1) is 0 Å². The number of rotatable bonds is 5. The van der Waals surface area contributed by atoms with E-state index in [0.717, 1.165) is 16.9 Å². The van der Waals surface area contributed by atoms with Crippen LogP contribution in [0.5, 0.6) is 0 Å². The Balaban J connectivity index is 1.91. The van der Waals surface area contributed by atoms with Crippen LogP contribution < -0.4 is 5.32 Å². The zero-order chi connectivity index (χ0) is 17.1. The first-order chi connectivity index (χ1) is 11.6. The van der Waals surface area contributed by atoms with Crippen molar-refractivity contribution in [3.63, 3.8) is 0 Å². The number of hydrogen-bond acceptors (Lipinski definition) is 3. The van der Waals surface area contributed by atoms with E-state index < -0.39 is 0 Å². The van der Waals surface area contributed by atoms with Crippen molar-refractivity contribution in [1.82, 2.24) is 19.6 Å². The van der Waals surface area contributed by atoms with E-state index in [9.17, 15) is 4.79 Å². The molecule has 5 nitrogen and oxygen atoms in total. The van der Waals surface area contributed by atoms with Crippen LogP contribution in [0.15, 0.2) is 54.7 Å². The van der Waals surface area contributed by atoms with E-state index in [-0.39, 0.29) is 11.9 Å². The first-order valence-corrected chi connectivity index (χ1v) is 8.03. The van der Waals surface area contributed by atoms with E-state index in [4.69, 9.17) is 0 Å². The maximum atomic E-state index is 12.8. The van der Waals surface area contributed by atoms with Crippen molar-refractivity contribution in [3.05, 3.63) is 71.7 Å². The highest BCUT2D eigenvalue weighted by Gasteiger charge is 2.20. The molecule has 0 radical (unpaired) electrons. The van der Waals surface area contributed by atoms with Gasteiger partial charge in [0.2, 0.25) is 0 Å². The second-order valence-electron chi connectivity index (χ2n) is 6.18. The van der Waals surface area contributed by atoms with Gasteiger partial charge in [-0.15, -0.1) is 0 Å². The fourth-order valence-electron chi connectivity index (χ4n) is 2.77. The van der Waals surface area contributed by atoms with Gasteiger partial charge in [0.05, 0.1) is 11.7 Å². The molecule has 1 aromatic carbocycles. The minimum atomic E-state index is -0.146. The molecule has 0 bridgehead atoms. The molecule has 24 heavy (non-hydrogen) atoms. The lowest BCUT2D eigenvalue weighted by molar-refractivity contribution is 0.0933. The Morgan fingerprint density at radius 2 is 1.88 bits per heavy atom. The number of nitrogens with one attached hydrogen (secondary N) is 1. The summed E-state index contributed by atoms with van der Waals surface area (Å²) in [5.74, 6) is -0.146. The van der Waals surface area contributed by atoms with Crippen LogP contribution in [0.2, 0.25) is 0 Å². The number of imidazole rings is 1. The molecule has 0 aliphatic heterocycles. The molecular weight excluding hydrogens is 300 g/mol. The summed E-state index contributed by atoms with van der Waals surface area (Å²) in [6.07, 6.45) is 1.94. The topological polar surface area (TPSA) is 49.6 Å². The van der Waals surface area contributed by atoms with Gasteiger partial charge in [0.25, 0.3) is 5.91 Å². The van der Waals surface area contributed by atoms with Crippen molar-refractivity contribution in [2.24, 2.45) is 0 Å². The Labute approximate surface area is 141 Å². The van der Waals surface area contributed by atoms with Gasteiger partial charge in [0.1, 0.15) is 5.65 Å². The third-order valence-electron chi connectivity index (χ3n) is 3.96. The summed E-state index contributed by atoms with van der Waals surface area (Å²) < 4.78 is 1.97. The first kappa shape index (κ1) is 16.2. The van der Waals surface area contributed by atoms with Crippen LogP contribution in [-0.2, 0) is 6.54 Å². The minimum absolute atomic E-state index is 0.0734. The second kappa shape index (κ2) is 6.84. The van der Waals surface area contributed by atoms with Crippen molar-refractivity contribution in [1.29, 1.82) is 0 Å². The van der Waals surface area contributed by atoms with Gasteiger partial charge in [-0.25, -0.2) is 4.98 Å². The summed E-state index contributed by atoms with van der Waals surface area (Å²) in [5.41, 5.74) is 3.24. The molecule has 1 atom stereocenters. The van der Waals surface area contributed by atoms with Crippen molar-refractivity contribution in [3.8, 4) is 0 Å². The monoisotopic (exact) mass is 322 g/mol. The molecule has 3 aromatic rings. The van der Waals surface area contributed by atoms with E-state index in [1.165, 1.54) is 0 Å². The summed E-state index contributed by atoms with van der Waals surface area (Å²) in [4.78, 5) is 19.4. The van der Waals surface area contributed by atoms with Gasteiger partial charge >= 0.3 is 0 Å². The smallest absolute Gasteiger partial charge is 0.272 e. The summed E-state index contributed by atoms with van der Waals surface area (Å²) in [6.45, 7) is 2.63. The number of pyridine rings is 1. The quantitative estimate of drug-likeness (QED) is 0.786. The third kappa shape index (κ3) is 3.31. The Bertz CT molecular complexity index is 839. The molecule has 2 heterocycles. The number of amides is 1.